The van der Waals surface area contributed by atoms with E-state index >= 15 is 0 Å². The van der Waals surface area contributed by atoms with Gasteiger partial charge >= 0.3 is 0 Å². The molecule has 1 aromatic heterocycles. The van der Waals surface area contributed by atoms with E-state index in [1.807, 2.05) is 6.20 Å². The van der Waals surface area contributed by atoms with Gasteiger partial charge in [-0.1, -0.05) is 46.5 Å². The van der Waals surface area contributed by atoms with E-state index in [2.05, 4.69) is 30.7 Å². The van der Waals surface area contributed by atoms with Crippen LogP contribution in [0.5, 0.6) is 0 Å². The Labute approximate surface area is 123 Å². The van der Waals surface area contributed by atoms with Crippen LogP contribution in [0.25, 0.3) is 0 Å². The summed E-state index contributed by atoms with van der Waals surface area (Å²) in [6.45, 7) is 7.22. The molecule has 0 radical (unpaired) electrons. The average molecular weight is 275 g/mol. The molecule has 3 heteroatoms. The Morgan fingerprint density at radius 2 is 1.80 bits per heavy atom. The van der Waals surface area contributed by atoms with Crippen molar-refractivity contribution in [2.45, 2.75) is 71.6 Å². The van der Waals surface area contributed by atoms with Gasteiger partial charge in [0.25, 0.3) is 0 Å². The van der Waals surface area contributed by atoms with Gasteiger partial charge < -0.3 is 5.73 Å². The Balaban J connectivity index is 2.14. The summed E-state index contributed by atoms with van der Waals surface area (Å²) in [6, 6.07) is 0. The number of aromatic nitrogens is 2. The number of nitrogens with zero attached hydrogens (tertiary/aromatic N) is 2. The first-order valence-corrected chi connectivity index (χ1v) is 8.04. The summed E-state index contributed by atoms with van der Waals surface area (Å²) in [5.74, 6) is 1.88. The second-order valence-corrected chi connectivity index (χ2v) is 7.38. The van der Waals surface area contributed by atoms with Crippen molar-refractivity contribution >= 4 is 5.82 Å². The minimum atomic E-state index is 0.379. The molecule has 1 heterocycles. The van der Waals surface area contributed by atoms with Crippen molar-refractivity contribution in [2.24, 2.45) is 11.3 Å². The second-order valence-electron chi connectivity index (χ2n) is 7.38. The van der Waals surface area contributed by atoms with Crippen LogP contribution < -0.4 is 5.73 Å². The molecule has 20 heavy (non-hydrogen) atoms. The minimum absolute atomic E-state index is 0.379. The second kappa shape index (κ2) is 6.55. The molecule has 0 spiro atoms. The van der Waals surface area contributed by atoms with Gasteiger partial charge in [0, 0.05) is 5.92 Å². The van der Waals surface area contributed by atoms with E-state index in [4.69, 9.17) is 5.73 Å². The van der Waals surface area contributed by atoms with Gasteiger partial charge in [0.15, 0.2) is 0 Å². The highest BCUT2D eigenvalue weighted by molar-refractivity contribution is 5.24. The highest BCUT2D eigenvalue weighted by Crippen LogP contribution is 2.40. The first-order valence-electron chi connectivity index (χ1n) is 8.04. The fourth-order valence-corrected chi connectivity index (χ4v) is 3.77. The Hall–Kier alpha value is -1.12. The first-order chi connectivity index (χ1) is 9.46. The number of rotatable bonds is 1. The molecule has 1 aromatic rings. The number of nitrogens with two attached hydrogens (primary N) is 1. The molecule has 2 rings (SSSR count). The van der Waals surface area contributed by atoms with Crippen molar-refractivity contribution in [2.75, 3.05) is 5.73 Å². The molecule has 2 atom stereocenters. The molecule has 3 nitrogen and oxygen atoms in total. The van der Waals surface area contributed by atoms with Crippen molar-refractivity contribution in [1.82, 2.24) is 9.97 Å². The highest BCUT2D eigenvalue weighted by atomic mass is 14.9. The lowest BCUT2D eigenvalue weighted by Gasteiger charge is -2.33. The van der Waals surface area contributed by atoms with Crippen molar-refractivity contribution in [3.05, 3.63) is 18.1 Å². The molecule has 112 valence electrons. The van der Waals surface area contributed by atoms with Crippen LogP contribution in [0.3, 0.4) is 0 Å². The lowest BCUT2D eigenvalue weighted by Crippen LogP contribution is -2.21. The molecule has 1 fully saturated rings. The maximum atomic E-state index is 5.66. The minimum Gasteiger partial charge on any atom is -0.382 e. The standard InChI is InChI=1S/C17H29N3/c1-13-7-5-4-6-8-14(10-17(2,3)9-13)15-11-20-16(18)12-19-15/h11-14H,4-10H2,1-3H3,(H2,18,20). The highest BCUT2D eigenvalue weighted by Gasteiger charge is 2.27. The van der Waals surface area contributed by atoms with Crippen LogP contribution in [0.4, 0.5) is 5.82 Å². The molecule has 2 N–H and O–H groups in total. The number of nitrogen functional groups attached to an aromatic ring is 1. The summed E-state index contributed by atoms with van der Waals surface area (Å²) in [6.07, 6.45) is 12.7. The zero-order chi connectivity index (χ0) is 14.6. The van der Waals surface area contributed by atoms with E-state index in [1.165, 1.54) is 44.9 Å². The van der Waals surface area contributed by atoms with E-state index < -0.39 is 0 Å². The van der Waals surface area contributed by atoms with E-state index in [9.17, 15) is 0 Å². The van der Waals surface area contributed by atoms with Gasteiger partial charge in [-0.05, 0) is 30.6 Å². The smallest absolute Gasteiger partial charge is 0.141 e. The van der Waals surface area contributed by atoms with Crippen LogP contribution in [0.2, 0.25) is 0 Å². The Morgan fingerprint density at radius 3 is 2.50 bits per heavy atom. The average Bonchev–Trinajstić information content (AvgIpc) is 2.36. The summed E-state index contributed by atoms with van der Waals surface area (Å²) in [7, 11) is 0. The fraction of sp³-hybridized carbons (Fsp3) is 0.765. The van der Waals surface area contributed by atoms with Crippen molar-refractivity contribution in [1.29, 1.82) is 0 Å². The van der Waals surface area contributed by atoms with E-state index in [0.29, 0.717) is 17.2 Å². The summed E-state index contributed by atoms with van der Waals surface area (Å²) in [5, 5.41) is 0. The Bertz CT molecular complexity index is 411. The number of hydrogen-bond donors (Lipinski definition) is 1. The third kappa shape index (κ3) is 4.46. The maximum Gasteiger partial charge on any atom is 0.141 e. The van der Waals surface area contributed by atoms with Crippen LogP contribution in [0.1, 0.15) is 77.3 Å². The molecular weight excluding hydrogens is 246 g/mol. The summed E-state index contributed by atoms with van der Waals surface area (Å²) in [5.41, 5.74) is 7.16. The predicted octanol–water partition coefficient (Wildman–Crippen LogP) is 4.55. The maximum absolute atomic E-state index is 5.66. The SMILES string of the molecule is CC1CCCCCC(c2cnc(N)cn2)CC(C)(C)C1. The van der Waals surface area contributed by atoms with Gasteiger partial charge in [-0.25, -0.2) is 4.98 Å². The Kier molecular flexibility index (Phi) is 5.00. The molecule has 0 aliphatic heterocycles. The topological polar surface area (TPSA) is 51.8 Å². The lowest BCUT2D eigenvalue weighted by molar-refractivity contribution is 0.215. The van der Waals surface area contributed by atoms with Crippen LogP contribution >= 0.6 is 0 Å². The van der Waals surface area contributed by atoms with Gasteiger partial charge in [0.2, 0.25) is 0 Å². The molecule has 0 amide bonds. The molecule has 1 aliphatic rings. The van der Waals surface area contributed by atoms with E-state index in [0.717, 1.165) is 11.6 Å². The quantitative estimate of drug-likeness (QED) is 0.818. The summed E-state index contributed by atoms with van der Waals surface area (Å²) < 4.78 is 0. The van der Waals surface area contributed by atoms with Gasteiger partial charge in [0.1, 0.15) is 5.82 Å². The third-order valence-electron chi connectivity index (χ3n) is 4.56. The van der Waals surface area contributed by atoms with Crippen molar-refractivity contribution in [3.63, 3.8) is 0 Å². The van der Waals surface area contributed by atoms with Crippen molar-refractivity contribution < 1.29 is 0 Å². The van der Waals surface area contributed by atoms with Gasteiger partial charge in [0.05, 0.1) is 18.1 Å². The van der Waals surface area contributed by atoms with Gasteiger partial charge in [-0.2, -0.15) is 0 Å². The number of hydrogen-bond acceptors (Lipinski definition) is 3. The number of anilines is 1. The molecule has 2 unspecified atom stereocenters. The largest absolute Gasteiger partial charge is 0.382 e. The summed E-state index contributed by atoms with van der Waals surface area (Å²) in [4.78, 5) is 8.75. The van der Waals surface area contributed by atoms with Crippen LogP contribution in [0, 0.1) is 11.3 Å². The van der Waals surface area contributed by atoms with Crippen LogP contribution in [-0.2, 0) is 0 Å². The fourth-order valence-electron chi connectivity index (χ4n) is 3.77. The van der Waals surface area contributed by atoms with Crippen LogP contribution in [0.15, 0.2) is 12.4 Å². The van der Waals surface area contributed by atoms with E-state index in [-0.39, 0.29) is 0 Å². The normalized spacial score (nSPS) is 27.9. The van der Waals surface area contributed by atoms with Gasteiger partial charge in [-0.15, -0.1) is 0 Å². The predicted molar refractivity (Wildman–Crippen MR) is 84.4 cm³/mol. The molecule has 1 aliphatic carbocycles. The van der Waals surface area contributed by atoms with Gasteiger partial charge in [-0.3, -0.25) is 4.98 Å². The Morgan fingerprint density at radius 1 is 1.05 bits per heavy atom. The zero-order valence-electron chi connectivity index (χ0n) is 13.2. The van der Waals surface area contributed by atoms with Crippen molar-refractivity contribution in [3.8, 4) is 0 Å². The third-order valence-corrected chi connectivity index (χ3v) is 4.56. The molecule has 0 saturated heterocycles. The lowest BCUT2D eigenvalue weighted by atomic mass is 9.73. The monoisotopic (exact) mass is 275 g/mol. The molecule has 1 saturated carbocycles. The summed E-state index contributed by atoms with van der Waals surface area (Å²) >= 11 is 0. The van der Waals surface area contributed by atoms with E-state index in [1.54, 1.807) is 6.20 Å². The van der Waals surface area contributed by atoms with Crippen LogP contribution in [-0.4, -0.2) is 9.97 Å². The molecular formula is C17H29N3. The first kappa shape index (κ1) is 15.3. The molecule has 0 aromatic carbocycles. The molecule has 0 bridgehead atoms. The zero-order valence-corrected chi connectivity index (χ0v) is 13.2.